The Kier molecular flexibility index (Phi) is 5.32. The van der Waals surface area contributed by atoms with Gasteiger partial charge in [0.1, 0.15) is 5.78 Å². The van der Waals surface area contributed by atoms with Gasteiger partial charge in [-0.15, -0.1) is 0 Å². The van der Waals surface area contributed by atoms with Gasteiger partial charge in [0.25, 0.3) is 0 Å². The molecule has 1 aromatic carbocycles. The number of carbonyl (C=O) groups excluding carboxylic acids is 1. The van der Waals surface area contributed by atoms with Gasteiger partial charge in [-0.3, -0.25) is 9.48 Å². The second-order valence-corrected chi connectivity index (χ2v) is 5.44. The third-order valence-electron chi connectivity index (χ3n) is 3.89. The number of carbonyl (C=O) groups is 1. The first kappa shape index (κ1) is 15.5. The van der Waals surface area contributed by atoms with Crippen LogP contribution in [0.3, 0.4) is 0 Å². The van der Waals surface area contributed by atoms with E-state index in [0.717, 1.165) is 30.8 Å². The third-order valence-corrected chi connectivity index (χ3v) is 3.89. The van der Waals surface area contributed by atoms with E-state index < -0.39 is 0 Å². The molecule has 112 valence electrons. The Bertz CT molecular complexity index is 613. The summed E-state index contributed by atoms with van der Waals surface area (Å²) in [6, 6.07) is 10.3. The molecular weight excluding hydrogens is 260 g/mol. The van der Waals surface area contributed by atoms with E-state index >= 15 is 0 Å². The normalized spacial score (nSPS) is 10.8. The largest absolute Gasteiger partial charge is 0.299 e. The molecule has 0 aliphatic heterocycles. The highest BCUT2D eigenvalue weighted by Gasteiger charge is 2.11. The maximum absolute atomic E-state index is 12.2. The molecule has 1 heterocycles. The summed E-state index contributed by atoms with van der Waals surface area (Å²) in [7, 11) is 0. The van der Waals surface area contributed by atoms with E-state index in [4.69, 9.17) is 0 Å². The van der Waals surface area contributed by atoms with Crippen molar-refractivity contribution < 1.29 is 4.79 Å². The molecule has 1 aromatic heterocycles. The zero-order valence-corrected chi connectivity index (χ0v) is 13.2. The molecule has 0 spiro atoms. The van der Waals surface area contributed by atoms with Crippen LogP contribution < -0.4 is 0 Å². The predicted molar refractivity (Wildman–Crippen MR) is 85.5 cm³/mol. The summed E-state index contributed by atoms with van der Waals surface area (Å²) in [5.41, 5.74) is 4.64. The third kappa shape index (κ3) is 4.03. The van der Waals surface area contributed by atoms with Crippen LogP contribution in [0.25, 0.3) is 0 Å². The van der Waals surface area contributed by atoms with Crippen LogP contribution in [0.2, 0.25) is 0 Å². The molecule has 0 amide bonds. The van der Waals surface area contributed by atoms with Crippen LogP contribution in [0.4, 0.5) is 0 Å². The zero-order valence-electron chi connectivity index (χ0n) is 13.2. The van der Waals surface area contributed by atoms with Gasteiger partial charge >= 0.3 is 0 Å². The molecule has 2 rings (SSSR count). The molecule has 0 radical (unpaired) electrons. The summed E-state index contributed by atoms with van der Waals surface area (Å²) in [6.45, 7) is 7.07. The van der Waals surface area contributed by atoms with Gasteiger partial charge in [-0.1, -0.05) is 31.2 Å². The summed E-state index contributed by atoms with van der Waals surface area (Å²) in [6.07, 6.45) is 2.83. The summed E-state index contributed by atoms with van der Waals surface area (Å²) in [4.78, 5) is 12.2. The molecule has 2 aromatic rings. The van der Waals surface area contributed by atoms with E-state index in [1.54, 1.807) is 0 Å². The molecule has 0 unspecified atom stereocenters. The van der Waals surface area contributed by atoms with Crippen molar-refractivity contribution in [1.82, 2.24) is 9.78 Å². The Morgan fingerprint density at radius 2 is 2.00 bits per heavy atom. The van der Waals surface area contributed by atoms with Crippen molar-refractivity contribution in [3.8, 4) is 0 Å². The number of ketones is 1. The van der Waals surface area contributed by atoms with Crippen LogP contribution in [-0.2, 0) is 30.6 Å². The molecule has 3 nitrogen and oxygen atoms in total. The molecule has 3 heteroatoms. The van der Waals surface area contributed by atoms with Gasteiger partial charge in [0, 0.05) is 25.1 Å². The van der Waals surface area contributed by atoms with E-state index in [2.05, 4.69) is 44.1 Å². The highest BCUT2D eigenvalue weighted by molar-refractivity contribution is 5.80. The molecule has 0 fully saturated rings. The van der Waals surface area contributed by atoms with E-state index in [-0.39, 0.29) is 5.78 Å². The highest BCUT2D eigenvalue weighted by Crippen LogP contribution is 2.12. The van der Waals surface area contributed by atoms with Gasteiger partial charge in [0.05, 0.1) is 5.69 Å². The second kappa shape index (κ2) is 7.21. The Hall–Kier alpha value is -1.90. The van der Waals surface area contributed by atoms with Crippen molar-refractivity contribution in [3.05, 3.63) is 52.8 Å². The number of nitrogens with zero attached hydrogens (tertiary/aromatic N) is 2. The average Bonchev–Trinajstić information content (AvgIpc) is 2.88. The van der Waals surface area contributed by atoms with E-state index in [0.29, 0.717) is 12.8 Å². The SMILES string of the molecule is CCc1cc(CC(=O)CCc2ccccc2C)n(CC)n1. The number of aryl methyl sites for hydroxylation is 4. The minimum absolute atomic E-state index is 0.288. The zero-order chi connectivity index (χ0) is 15.2. The molecule has 0 bridgehead atoms. The lowest BCUT2D eigenvalue weighted by Crippen LogP contribution is -2.10. The van der Waals surface area contributed by atoms with E-state index in [1.807, 2.05) is 16.8 Å². The second-order valence-electron chi connectivity index (χ2n) is 5.44. The van der Waals surface area contributed by atoms with Gasteiger partial charge in [-0.05, 0) is 43.9 Å². The average molecular weight is 284 g/mol. The fourth-order valence-corrected chi connectivity index (χ4v) is 2.56. The lowest BCUT2D eigenvalue weighted by molar-refractivity contribution is -0.118. The maximum Gasteiger partial charge on any atom is 0.139 e. The van der Waals surface area contributed by atoms with Crippen LogP contribution in [0.15, 0.2) is 30.3 Å². The van der Waals surface area contributed by atoms with Crippen LogP contribution in [-0.4, -0.2) is 15.6 Å². The monoisotopic (exact) mass is 284 g/mol. The highest BCUT2D eigenvalue weighted by atomic mass is 16.1. The Balaban J connectivity index is 1.96. The lowest BCUT2D eigenvalue weighted by atomic mass is 10.0. The van der Waals surface area contributed by atoms with Crippen LogP contribution >= 0.6 is 0 Å². The van der Waals surface area contributed by atoms with Crippen molar-refractivity contribution in [1.29, 1.82) is 0 Å². The van der Waals surface area contributed by atoms with Crippen molar-refractivity contribution in [2.75, 3.05) is 0 Å². The molecule has 0 saturated carbocycles. The number of hydrogen-bond acceptors (Lipinski definition) is 2. The number of hydrogen-bond donors (Lipinski definition) is 0. The van der Waals surface area contributed by atoms with Gasteiger partial charge in [-0.25, -0.2) is 0 Å². The number of aromatic nitrogens is 2. The standard InChI is InChI=1S/C18H24N2O/c1-4-16-12-17(20(5-2)19-16)13-18(21)11-10-15-9-7-6-8-14(15)3/h6-9,12H,4-5,10-11,13H2,1-3H3. The van der Waals surface area contributed by atoms with Gasteiger partial charge in [-0.2, -0.15) is 5.10 Å². The first-order valence-electron chi connectivity index (χ1n) is 7.75. The smallest absolute Gasteiger partial charge is 0.139 e. The Morgan fingerprint density at radius 3 is 2.67 bits per heavy atom. The summed E-state index contributed by atoms with van der Waals surface area (Å²) in [5, 5.41) is 4.50. The number of Topliss-reactive ketones (excluding diaryl/α,β-unsaturated/α-hetero) is 1. The molecule has 0 saturated heterocycles. The predicted octanol–water partition coefficient (Wildman–Crippen LogP) is 3.52. The maximum atomic E-state index is 12.2. The van der Waals surface area contributed by atoms with Crippen LogP contribution in [0, 0.1) is 6.92 Å². The number of rotatable bonds is 7. The van der Waals surface area contributed by atoms with E-state index in [9.17, 15) is 4.79 Å². The lowest BCUT2D eigenvalue weighted by Gasteiger charge is -2.06. The topological polar surface area (TPSA) is 34.9 Å². The fraction of sp³-hybridized carbons (Fsp3) is 0.444. The number of benzene rings is 1. The molecule has 0 aliphatic carbocycles. The minimum Gasteiger partial charge on any atom is -0.299 e. The first-order valence-corrected chi connectivity index (χ1v) is 7.75. The molecule has 21 heavy (non-hydrogen) atoms. The Morgan fingerprint density at radius 1 is 1.24 bits per heavy atom. The summed E-state index contributed by atoms with van der Waals surface area (Å²) < 4.78 is 1.95. The van der Waals surface area contributed by atoms with Gasteiger partial charge in [0.2, 0.25) is 0 Å². The van der Waals surface area contributed by atoms with Crippen LogP contribution in [0.1, 0.15) is 42.8 Å². The van der Waals surface area contributed by atoms with Crippen molar-refractivity contribution in [2.45, 2.75) is 53.0 Å². The summed E-state index contributed by atoms with van der Waals surface area (Å²) in [5.74, 6) is 0.288. The van der Waals surface area contributed by atoms with Gasteiger partial charge < -0.3 is 0 Å². The molecule has 0 atom stereocenters. The van der Waals surface area contributed by atoms with Crippen molar-refractivity contribution in [2.24, 2.45) is 0 Å². The van der Waals surface area contributed by atoms with Crippen molar-refractivity contribution in [3.63, 3.8) is 0 Å². The van der Waals surface area contributed by atoms with E-state index in [1.165, 1.54) is 11.1 Å². The first-order chi connectivity index (χ1) is 10.1. The van der Waals surface area contributed by atoms with Gasteiger partial charge in [0.15, 0.2) is 0 Å². The quantitative estimate of drug-likeness (QED) is 0.779. The minimum atomic E-state index is 0.288. The fourth-order valence-electron chi connectivity index (χ4n) is 2.56. The van der Waals surface area contributed by atoms with Crippen molar-refractivity contribution >= 4 is 5.78 Å². The molecule has 0 N–H and O–H groups in total. The molecule has 0 aliphatic rings. The molecular formula is C18H24N2O. The Labute approximate surface area is 127 Å². The summed E-state index contributed by atoms with van der Waals surface area (Å²) >= 11 is 0. The van der Waals surface area contributed by atoms with Crippen LogP contribution in [0.5, 0.6) is 0 Å².